The standard InChI is InChI=1S/C26H23ClFN3O2/c1-16(32)15-33-21-9-2-17(3-10-21)25-26-22(23-14-18(27)4-11-24(23)31(26)29)12-13-30(25)20-7-5-19(28)6-8-20/h2-11,14,25H,12-13,15,29H2,1H3. The fourth-order valence-corrected chi connectivity index (χ4v) is 4.79. The maximum Gasteiger partial charge on any atom is 0.167 e. The minimum absolute atomic E-state index is 0.0342. The van der Waals surface area contributed by atoms with Gasteiger partial charge in [-0.05, 0) is 79.1 Å². The van der Waals surface area contributed by atoms with Crippen LogP contribution in [0.5, 0.6) is 5.75 Å². The van der Waals surface area contributed by atoms with Crippen LogP contribution in [0.25, 0.3) is 10.9 Å². The molecule has 5 nitrogen and oxygen atoms in total. The van der Waals surface area contributed by atoms with Gasteiger partial charge in [-0.15, -0.1) is 0 Å². The van der Waals surface area contributed by atoms with Crippen molar-refractivity contribution in [2.45, 2.75) is 19.4 Å². The Balaban J connectivity index is 1.64. The van der Waals surface area contributed by atoms with Crippen molar-refractivity contribution in [3.63, 3.8) is 0 Å². The van der Waals surface area contributed by atoms with Gasteiger partial charge in [-0.3, -0.25) is 9.47 Å². The number of anilines is 1. The molecule has 0 amide bonds. The summed E-state index contributed by atoms with van der Waals surface area (Å²) in [7, 11) is 0. The third kappa shape index (κ3) is 3.91. The van der Waals surface area contributed by atoms with Crippen LogP contribution in [-0.4, -0.2) is 23.6 Å². The summed E-state index contributed by atoms with van der Waals surface area (Å²) in [5.74, 6) is 6.95. The monoisotopic (exact) mass is 463 g/mol. The average molecular weight is 464 g/mol. The predicted molar refractivity (Wildman–Crippen MR) is 129 cm³/mol. The second-order valence-electron chi connectivity index (χ2n) is 8.28. The van der Waals surface area contributed by atoms with Crippen molar-refractivity contribution < 1.29 is 13.9 Å². The molecule has 2 heterocycles. The molecule has 1 unspecified atom stereocenters. The summed E-state index contributed by atoms with van der Waals surface area (Å²) in [6.07, 6.45) is 0.782. The lowest BCUT2D eigenvalue weighted by Gasteiger charge is -2.38. The van der Waals surface area contributed by atoms with E-state index >= 15 is 0 Å². The number of carbonyl (C=O) groups excluding carboxylic acids is 1. The molecule has 1 aliphatic rings. The van der Waals surface area contributed by atoms with E-state index in [2.05, 4.69) is 4.90 Å². The molecular formula is C26H23ClFN3O2. The van der Waals surface area contributed by atoms with Crippen LogP contribution in [0.4, 0.5) is 10.1 Å². The van der Waals surface area contributed by atoms with Gasteiger partial charge >= 0.3 is 0 Å². The molecule has 1 aromatic heterocycles. The second kappa shape index (κ2) is 8.45. The Labute approximate surface area is 196 Å². The molecule has 0 radical (unpaired) electrons. The van der Waals surface area contributed by atoms with Crippen molar-refractivity contribution in [1.82, 2.24) is 4.68 Å². The fourth-order valence-electron chi connectivity index (χ4n) is 4.62. The molecule has 4 aromatic rings. The van der Waals surface area contributed by atoms with Gasteiger partial charge in [0.25, 0.3) is 0 Å². The molecule has 0 spiro atoms. The molecule has 168 valence electrons. The first-order valence-corrected chi connectivity index (χ1v) is 11.1. The molecule has 5 rings (SSSR count). The Bertz CT molecular complexity index is 1330. The number of Topliss-reactive ketones (excluding diaryl/α,β-unsaturated/α-hetero) is 1. The molecule has 7 heteroatoms. The maximum atomic E-state index is 13.6. The fraction of sp³-hybridized carbons (Fsp3) is 0.192. The van der Waals surface area contributed by atoms with Crippen molar-refractivity contribution in [1.29, 1.82) is 0 Å². The van der Waals surface area contributed by atoms with E-state index < -0.39 is 0 Å². The van der Waals surface area contributed by atoms with Gasteiger partial charge in [-0.25, -0.2) is 4.39 Å². The second-order valence-corrected chi connectivity index (χ2v) is 8.71. The lowest BCUT2D eigenvalue weighted by atomic mass is 9.91. The number of nitrogen functional groups attached to an aromatic ring is 1. The topological polar surface area (TPSA) is 60.5 Å². The smallest absolute Gasteiger partial charge is 0.167 e. The van der Waals surface area contributed by atoms with E-state index in [0.717, 1.165) is 46.4 Å². The highest BCUT2D eigenvalue weighted by Crippen LogP contribution is 2.42. The summed E-state index contributed by atoms with van der Waals surface area (Å²) in [4.78, 5) is 13.5. The number of ketones is 1. The van der Waals surface area contributed by atoms with Crippen molar-refractivity contribution >= 4 is 34.0 Å². The van der Waals surface area contributed by atoms with E-state index in [1.54, 1.807) is 16.8 Å². The van der Waals surface area contributed by atoms with E-state index in [1.165, 1.54) is 19.1 Å². The van der Waals surface area contributed by atoms with Crippen molar-refractivity contribution in [3.8, 4) is 5.75 Å². The first-order chi connectivity index (χ1) is 15.9. The Morgan fingerprint density at radius 3 is 2.55 bits per heavy atom. The van der Waals surface area contributed by atoms with Gasteiger partial charge < -0.3 is 15.5 Å². The zero-order chi connectivity index (χ0) is 23.1. The first-order valence-electron chi connectivity index (χ1n) is 10.7. The molecule has 1 atom stereocenters. The van der Waals surface area contributed by atoms with Gasteiger partial charge in [-0.1, -0.05) is 23.7 Å². The molecule has 1 aliphatic heterocycles. The SMILES string of the molecule is CC(=O)COc1ccc(C2c3c(c4cc(Cl)ccc4n3N)CCN2c2ccc(F)cc2)cc1. The van der Waals surface area contributed by atoms with Crippen molar-refractivity contribution in [2.75, 3.05) is 23.9 Å². The van der Waals surface area contributed by atoms with Gasteiger partial charge in [0.15, 0.2) is 5.78 Å². The molecule has 33 heavy (non-hydrogen) atoms. The average Bonchev–Trinajstić information content (AvgIpc) is 3.09. The normalized spacial score (nSPS) is 15.5. The number of hydrogen-bond acceptors (Lipinski definition) is 4. The molecule has 0 aliphatic carbocycles. The number of aromatic nitrogens is 1. The van der Waals surface area contributed by atoms with Gasteiger partial charge in [0.1, 0.15) is 18.2 Å². The van der Waals surface area contributed by atoms with E-state index in [-0.39, 0.29) is 24.2 Å². The quantitative estimate of drug-likeness (QED) is 0.410. The highest BCUT2D eigenvalue weighted by molar-refractivity contribution is 6.31. The van der Waals surface area contributed by atoms with Gasteiger partial charge in [0, 0.05) is 22.6 Å². The summed E-state index contributed by atoms with van der Waals surface area (Å²) in [5.41, 5.74) is 4.97. The Kier molecular flexibility index (Phi) is 5.46. The van der Waals surface area contributed by atoms with Crippen molar-refractivity contribution in [3.05, 3.63) is 94.4 Å². The summed E-state index contributed by atoms with van der Waals surface area (Å²) in [6.45, 7) is 2.26. The minimum atomic E-state index is -0.275. The minimum Gasteiger partial charge on any atom is -0.486 e. The van der Waals surface area contributed by atoms with E-state index in [9.17, 15) is 9.18 Å². The van der Waals surface area contributed by atoms with Crippen LogP contribution >= 0.6 is 11.6 Å². The molecule has 0 saturated heterocycles. The number of rotatable bonds is 5. The highest BCUT2D eigenvalue weighted by Gasteiger charge is 2.34. The van der Waals surface area contributed by atoms with Crippen LogP contribution in [0.15, 0.2) is 66.7 Å². The molecule has 0 saturated carbocycles. The number of carbonyl (C=O) groups is 1. The molecule has 3 aromatic carbocycles. The van der Waals surface area contributed by atoms with Gasteiger partial charge in [-0.2, -0.15) is 0 Å². The number of nitrogens with two attached hydrogens (primary N) is 1. The van der Waals surface area contributed by atoms with Crippen LogP contribution in [0, 0.1) is 5.82 Å². The molecule has 2 N–H and O–H groups in total. The molecule has 0 fully saturated rings. The number of hydrogen-bond donors (Lipinski definition) is 1. The van der Waals surface area contributed by atoms with Crippen LogP contribution < -0.4 is 15.5 Å². The number of nitrogens with zero attached hydrogens (tertiary/aromatic N) is 2. The van der Waals surface area contributed by atoms with Crippen LogP contribution in [0.2, 0.25) is 5.02 Å². The third-order valence-electron chi connectivity index (χ3n) is 6.08. The van der Waals surface area contributed by atoms with Gasteiger partial charge in [0.2, 0.25) is 0 Å². The molecule has 0 bridgehead atoms. The van der Waals surface area contributed by atoms with Gasteiger partial charge in [0.05, 0.1) is 17.3 Å². The first kappa shape index (κ1) is 21.3. The number of halogens is 2. The lowest BCUT2D eigenvalue weighted by molar-refractivity contribution is -0.118. The van der Waals surface area contributed by atoms with Crippen LogP contribution in [0.1, 0.15) is 29.8 Å². The maximum absolute atomic E-state index is 13.6. The summed E-state index contributed by atoms with van der Waals surface area (Å²) in [6, 6.07) is 19.7. The Hall–Kier alpha value is -3.51. The predicted octanol–water partition coefficient (Wildman–Crippen LogP) is 5.27. The highest BCUT2D eigenvalue weighted by atomic mass is 35.5. The summed E-state index contributed by atoms with van der Waals surface area (Å²) < 4.78 is 20.9. The Morgan fingerprint density at radius 2 is 1.85 bits per heavy atom. The number of ether oxygens (including phenoxy) is 1. The van der Waals surface area contributed by atoms with E-state index in [4.69, 9.17) is 22.2 Å². The third-order valence-corrected chi connectivity index (χ3v) is 6.32. The largest absolute Gasteiger partial charge is 0.486 e. The van der Waals surface area contributed by atoms with Crippen LogP contribution in [0.3, 0.4) is 0 Å². The summed E-state index contributed by atoms with van der Waals surface area (Å²) in [5, 5.41) is 1.71. The zero-order valence-electron chi connectivity index (χ0n) is 18.1. The van der Waals surface area contributed by atoms with E-state index in [1.807, 2.05) is 42.5 Å². The lowest BCUT2D eigenvalue weighted by Crippen LogP contribution is -2.38. The Morgan fingerprint density at radius 1 is 1.12 bits per heavy atom. The van der Waals surface area contributed by atoms with Crippen LogP contribution in [-0.2, 0) is 11.2 Å². The zero-order valence-corrected chi connectivity index (χ0v) is 18.8. The number of fused-ring (bicyclic) bond motifs is 3. The number of benzene rings is 3. The summed E-state index contributed by atoms with van der Waals surface area (Å²) >= 11 is 6.30. The van der Waals surface area contributed by atoms with Crippen molar-refractivity contribution in [2.24, 2.45) is 0 Å². The molecular weight excluding hydrogens is 441 g/mol. The van der Waals surface area contributed by atoms with E-state index in [0.29, 0.717) is 10.8 Å².